The van der Waals surface area contributed by atoms with E-state index in [-0.39, 0.29) is 6.61 Å². The van der Waals surface area contributed by atoms with Crippen molar-refractivity contribution < 1.29 is 14.6 Å². The van der Waals surface area contributed by atoms with Crippen molar-refractivity contribution in [1.82, 2.24) is 0 Å². The van der Waals surface area contributed by atoms with Crippen molar-refractivity contribution in [1.29, 1.82) is 0 Å². The highest BCUT2D eigenvalue weighted by Gasteiger charge is 1.92. The van der Waals surface area contributed by atoms with E-state index in [2.05, 4.69) is 16.6 Å². The Hall–Kier alpha value is -1.17. The molecule has 0 N–H and O–H groups in total. The van der Waals surface area contributed by atoms with Crippen molar-refractivity contribution >= 4 is 6.16 Å². The van der Waals surface area contributed by atoms with Crippen LogP contribution in [-0.2, 0) is 9.84 Å². The first-order chi connectivity index (χ1) is 3.77. The molecule has 0 aliphatic carbocycles. The van der Waals surface area contributed by atoms with Gasteiger partial charge < -0.3 is 4.74 Å². The van der Waals surface area contributed by atoms with Crippen LogP contribution in [0, 0.1) is 11.8 Å². The van der Waals surface area contributed by atoms with Gasteiger partial charge in [0.15, 0.2) is 6.61 Å². The minimum absolute atomic E-state index is 0.0984. The van der Waals surface area contributed by atoms with E-state index in [1.807, 2.05) is 0 Å². The summed E-state index contributed by atoms with van der Waals surface area (Å²) in [5, 5.41) is 9.47. The fraction of sp³-hybridized carbons (Fsp3) is 0.400. The minimum atomic E-state index is -1.53. The van der Waals surface area contributed by atoms with Crippen LogP contribution >= 0.6 is 0 Å². The molecule has 1 radical (unpaired) electrons. The van der Waals surface area contributed by atoms with E-state index in [4.69, 9.17) is 0 Å². The lowest BCUT2D eigenvalue weighted by Crippen LogP contribution is -1.97. The van der Waals surface area contributed by atoms with E-state index < -0.39 is 6.16 Å². The predicted molar refractivity (Wildman–Crippen MR) is 25.5 cm³/mol. The number of carbonyl (C=O) groups excluding carboxylic acids is 1. The van der Waals surface area contributed by atoms with Crippen molar-refractivity contribution in [2.45, 2.75) is 6.92 Å². The lowest BCUT2D eigenvalue weighted by atomic mass is 10.6. The number of carbonyl (C=O) groups is 1. The zero-order valence-electron chi connectivity index (χ0n) is 4.43. The first-order valence-corrected chi connectivity index (χ1v) is 2.00. The van der Waals surface area contributed by atoms with Crippen LogP contribution in [0.4, 0.5) is 4.79 Å². The van der Waals surface area contributed by atoms with Crippen molar-refractivity contribution in [3.8, 4) is 11.8 Å². The molecule has 0 aliphatic heterocycles. The summed E-state index contributed by atoms with van der Waals surface area (Å²) < 4.78 is 3.91. The van der Waals surface area contributed by atoms with Crippen molar-refractivity contribution in [2.24, 2.45) is 0 Å². The highest BCUT2D eigenvalue weighted by Crippen LogP contribution is 1.72. The normalized spacial score (nSPS) is 6.62. The molecular formula is C5H5O3. The van der Waals surface area contributed by atoms with Gasteiger partial charge in [0, 0.05) is 0 Å². The molecular weight excluding hydrogens is 108 g/mol. The van der Waals surface area contributed by atoms with Gasteiger partial charge in [-0.05, 0) is 6.92 Å². The maximum Gasteiger partial charge on any atom is 0.550 e. The molecule has 0 rings (SSSR count). The second kappa shape index (κ2) is 4.00. The van der Waals surface area contributed by atoms with Gasteiger partial charge in [-0.3, -0.25) is 0 Å². The largest absolute Gasteiger partial charge is 0.550 e. The lowest BCUT2D eigenvalue weighted by molar-refractivity contribution is 0.0784. The molecule has 0 unspecified atom stereocenters. The second-order valence-corrected chi connectivity index (χ2v) is 0.965. The van der Waals surface area contributed by atoms with E-state index in [0.717, 1.165) is 0 Å². The summed E-state index contributed by atoms with van der Waals surface area (Å²) in [4.78, 5) is 9.47. The van der Waals surface area contributed by atoms with Gasteiger partial charge in [0.05, 0.1) is 0 Å². The maximum absolute atomic E-state index is 9.47. The molecule has 0 amide bonds. The summed E-state index contributed by atoms with van der Waals surface area (Å²) in [6, 6.07) is 0. The molecule has 0 aromatic carbocycles. The summed E-state index contributed by atoms with van der Waals surface area (Å²) in [6.07, 6.45) is -1.53. The van der Waals surface area contributed by atoms with Gasteiger partial charge in [-0.1, -0.05) is 5.92 Å². The van der Waals surface area contributed by atoms with E-state index in [9.17, 15) is 9.90 Å². The molecule has 0 aromatic rings. The number of ether oxygens (including phenoxy) is 1. The highest BCUT2D eigenvalue weighted by atomic mass is 16.7. The SMILES string of the molecule is CC#CCOC([O])=O. The molecule has 0 aromatic heterocycles. The maximum atomic E-state index is 9.47. The average molecular weight is 113 g/mol. The van der Waals surface area contributed by atoms with Crippen LogP contribution in [0.15, 0.2) is 0 Å². The third-order valence-corrected chi connectivity index (χ3v) is 0.439. The second-order valence-electron chi connectivity index (χ2n) is 0.965. The van der Waals surface area contributed by atoms with Crippen molar-refractivity contribution in [3.63, 3.8) is 0 Å². The fourth-order valence-corrected chi connectivity index (χ4v) is 0.167. The van der Waals surface area contributed by atoms with E-state index in [1.54, 1.807) is 6.92 Å². The molecule has 3 nitrogen and oxygen atoms in total. The Bertz CT molecular complexity index is 128. The quantitative estimate of drug-likeness (QED) is 0.368. The van der Waals surface area contributed by atoms with Crippen LogP contribution in [0.25, 0.3) is 0 Å². The summed E-state index contributed by atoms with van der Waals surface area (Å²) in [5.41, 5.74) is 0. The van der Waals surface area contributed by atoms with Gasteiger partial charge >= 0.3 is 6.16 Å². The Kier molecular flexibility index (Phi) is 3.42. The Morgan fingerprint density at radius 1 is 1.75 bits per heavy atom. The summed E-state index contributed by atoms with van der Waals surface area (Å²) in [7, 11) is 0. The third-order valence-electron chi connectivity index (χ3n) is 0.439. The molecule has 0 fully saturated rings. The third kappa shape index (κ3) is 4.83. The first kappa shape index (κ1) is 6.83. The van der Waals surface area contributed by atoms with Crippen molar-refractivity contribution in [3.05, 3.63) is 0 Å². The van der Waals surface area contributed by atoms with E-state index in [1.165, 1.54) is 0 Å². The molecule has 0 bridgehead atoms. The van der Waals surface area contributed by atoms with E-state index >= 15 is 0 Å². The molecule has 0 saturated heterocycles. The monoisotopic (exact) mass is 113 g/mol. The summed E-state index contributed by atoms with van der Waals surface area (Å²) >= 11 is 0. The van der Waals surface area contributed by atoms with Crippen molar-refractivity contribution in [2.75, 3.05) is 6.61 Å². The Labute approximate surface area is 47.3 Å². The summed E-state index contributed by atoms with van der Waals surface area (Å²) in [6.45, 7) is 1.50. The predicted octanol–water partition coefficient (Wildman–Crippen LogP) is 0.577. The number of hydrogen-bond acceptors (Lipinski definition) is 2. The molecule has 0 aliphatic rings. The van der Waals surface area contributed by atoms with Gasteiger partial charge in [-0.2, -0.15) is 9.90 Å². The average Bonchev–Trinajstić information content (AvgIpc) is 1.66. The number of hydrogen-bond donors (Lipinski definition) is 0. The van der Waals surface area contributed by atoms with E-state index in [0.29, 0.717) is 0 Å². The van der Waals surface area contributed by atoms with Crippen LogP contribution in [0.3, 0.4) is 0 Å². The van der Waals surface area contributed by atoms with Gasteiger partial charge in [0.2, 0.25) is 0 Å². The minimum Gasteiger partial charge on any atom is -0.419 e. The van der Waals surface area contributed by atoms with Gasteiger partial charge in [-0.25, -0.2) is 0 Å². The number of rotatable bonds is 1. The molecule has 0 saturated carbocycles. The topological polar surface area (TPSA) is 46.2 Å². The summed E-state index contributed by atoms with van der Waals surface area (Å²) in [5.74, 6) is 4.84. The molecule has 3 heteroatoms. The standard InChI is InChI=1S/C5H5O3/c1-2-3-4-8-5(6)7/h4H2,1H3. The Morgan fingerprint density at radius 3 is 2.75 bits per heavy atom. The zero-order valence-corrected chi connectivity index (χ0v) is 4.43. The Morgan fingerprint density at radius 2 is 2.38 bits per heavy atom. The molecule has 0 atom stereocenters. The van der Waals surface area contributed by atoms with Crippen LogP contribution < -0.4 is 0 Å². The first-order valence-electron chi connectivity index (χ1n) is 2.00. The Balaban J connectivity index is 3.14. The van der Waals surface area contributed by atoms with Gasteiger partial charge in [-0.15, -0.1) is 5.92 Å². The zero-order chi connectivity index (χ0) is 6.41. The molecule has 0 spiro atoms. The lowest BCUT2D eigenvalue weighted by Gasteiger charge is -1.84. The fourth-order valence-electron chi connectivity index (χ4n) is 0.167. The van der Waals surface area contributed by atoms with Crippen LogP contribution in [-0.4, -0.2) is 12.8 Å². The van der Waals surface area contributed by atoms with Gasteiger partial charge in [0.1, 0.15) is 0 Å². The van der Waals surface area contributed by atoms with Gasteiger partial charge in [0.25, 0.3) is 0 Å². The highest BCUT2D eigenvalue weighted by molar-refractivity contribution is 5.56. The van der Waals surface area contributed by atoms with Crippen LogP contribution in [0.5, 0.6) is 0 Å². The van der Waals surface area contributed by atoms with Crippen LogP contribution in [0.2, 0.25) is 0 Å². The smallest absolute Gasteiger partial charge is 0.419 e. The van der Waals surface area contributed by atoms with Crippen LogP contribution in [0.1, 0.15) is 6.92 Å². The molecule has 0 heterocycles. The molecule has 43 valence electrons. The molecule has 8 heavy (non-hydrogen) atoms.